The molecule has 0 unspecified atom stereocenters. The van der Waals surface area contributed by atoms with Crippen LogP contribution in [0.4, 0.5) is 0 Å². The van der Waals surface area contributed by atoms with Crippen molar-refractivity contribution in [2.24, 2.45) is 5.92 Å². The van der Waals surface area contributed by atoms with Crippen molar-refractivity contribution < 1.29 is 14.7 Å². The molecule has 7 nitrogen and oxygen atoms in total. The van der Waals surface area contributed by atoms with Gasteiger partial charge in [0.25, 0.3) is 5.91 Å². The highest BCUT2D eigenvalue weighted by Gasteiger charge is 2.37. The van der Waals surface area contributed by atoms with Gasteiger partial charge in [-0.3, -0.25) is 24.5 Å². The topological polar surface area (TPSA) is 95.4 Å². The van der Waals surface area contributed by atoms with Crippen molar-refractivity contribution in [1.82, 2.24) is 20.2 Å². The number of rotatable bonds is 7. The highest BCUT2D eigenvalue weighted by Crippen LogP contribution is 2.33. The van der Waals surface area contributed by atoms with E-state index in [1.165, 1.54) is 12.8 Å². The van der Waals surface area contributed by atoms with Crippen LogP contribution in [0.15, 0.2) is 30.6 Å². The number of aromatic nitrogens is 2. The number of amides is 1. The van der Waals surface area contributed by atoms with Crippen LogP contribution in [0, 0.1) is 5.92 Å². The number of nitrogens with zero attached hydrogens (tertiary/aromatic N) is 3. The van der Waals surface area contributed by atoms with Crippen molar-refractivity contribution in [2.75, 3.05) is 13.1 Å². The minimum Gasteiger partial charge on any atom is -0.480 e. The number of carbonyl (C=O) groups excluding carboxylic acids is 1. The van der Waals surface area contributed by atoms with Crippen LogP contribution in [-0.4, -0.2) is 57.0 Å². The van der Waals surface area contributed by atoms with Crippen LogP contribution >= 0.6 is 0 Å². The van der Waals surface area contributed by atoms with E-state index in [4.69, 9.17) is 5.11 Å². The molecule has 1 aromatic carbocycles. The molecule has 2 saturated carbocycles. The van der Waals surface area contributed by atoms with Gasteiger partial charge in [-0.15, -0.1) is 0 Å². The van der Waals surface area contributed by atoms with Gasteiger partial charge in [0, 0.05) is 36.6 Å². The number of hydrogen-bond donors (Lipinski definition) is 2. The molecule has 2 aliphatic rings. The van der Waals surface area contributed by atoms with Crippen LogP contribution < -0.4 is 5.32 Å². The van der Waals surface area contributed by atoms with E-state index in [0.29, 0.717) is 17.0 Å². The van der Waals surface area contributed by atoms with E-state index in [0.717, 1.165) is 24.9 Å². The molecule has 0 spiro atoms. The fourth-order valence-electron chi connectivity index (χ4n) is 3.53. The van der Waals surface area contributed by atoms with Gasteiger partial charge in [0.2, 0.25) is 0 Å². The zero-order chi connectivity index (χ0) is 18.1. The summed E-state index contributed by atoms with van der Waals surface area (Å²) in [6.45, 7) is 0.951. The molecular weight excluding hydrogens is 332 g/mol. The largest absolute Gasteiger partial charge is 0.480 e. The fraction of sp³-hybridized carbons (Fsp3) is 0.474. The van der Waals surface area contributed by atoms with Crippen LogP contribution in [0.3, 0.4) is 0 Å². The molecule has 7 heteroatoms. The maximum absolute atomic E-state index is 12.5. The smallest absolute Gasteiger partial charge is 0.317 e. The van der Waals surface area contributed by atoms with Crippen molar-refractivity contribution >= 4 is 22.9 Å². The summed E-state index contributed by atoms with van der Waals surface area (Å²) >= 11 is 0. The molecule has 0 aliphatic heterocycles. The average Bonchev–Trinajstić information content (AvgIpc) is 3.40. The first-order valence-corrected chi connectivity index (χ1v) is 9.06. The Kier molecular flexibility index (Phi) is 4.55. The number of carboxylic acids is 1. The first-order valence-electron chi connectivity index (χ1n) is 9.06. The Bertz CT molecular complexity index is 830. The molecule has 136 valence electrons. The molecule has 1 heterocycles. The van der Waals surface area contributed by atoms with E-state index in [9.17, 15) is 9.59 Å². The summed E-state index contributed by atoms with van der Waals surface area (Å²) in [4.78, 5) is 34.0. The molecule has 2 aliphatic carbocycles. The minimum absolute atomic E-state index is 0.0885. The first-order chi connectivity index (χ1) is 12.6. The van der Waals surface area contributed by atoms with Gasteiger partial charge < -0.3 is 10.4 Å². The number of carboxylic acid groups (broad SMARTS) is 1. The summed E-state index contributed by atoms with van der Waals surface area (Å²) in [5.74, 6) is -0.245. The summed E-state index contributed by atoms with van der Waals surface area (Å²) in [5.41, 5.74) is 2.03. The number of hydrogen-bond acceptors (Lipinski definition) is 5. The maximum atomic E-state index is 12.5. The second-order valence-corrected chi connectivity index (χ2v) is 7.32. The van der Waals surface area contributed by atoms with Gasteiger partial charge in [-0.25, -0.2) is 0 Å². The van der Waals surface area contributed by atoms with E-state index in [-0.39, 0.29) is 24.5 Å². The molecule has 26 heavy (non-hydrogen) atoms. The molecule has 0 radical (unpaired) electrons. The highest BCUT2D eigenvalue weighted by atomic mass is 16.4. The van der Waals surface area contributed by atoms with Gasteiger partial charge in [-0.2, -0.15) is 0 Å². The van der Waals surface area contributed by atoms with Crippen LogP contribution in [0.25, 0.3) is 11.0 Å². The van der Waals surface area contributed by atoms with Gasteiger partial charge in [-0.05, 0) is 49.8 Å². The van der Waals surface area contributed by atoms with Crippen molar-refractivity contribution in [3.8, 4) is 0 Å². The summed E-state index contributed by atoms with van der Waals surface area (Å²) < 4.78 is 0. The molecule has 0 saturated heterocycles. The SMILES string of the molecule is O=C(O)CN(CC1CC1)C1CC(NC(=O)c2ccc3nccnc3c2)C1. The zero-order valence-electron chi connectivity index (χ0n) is 14.5. The van der Waals surface area contributed by atoms with Gasteiger partial charge >= 0.3 is 5.97 Å². The molecule has 2 aromatic rings. The minimum atomic E-state index is -0.782. The first kappa shape index (κ1) is 16.9. The van der Waals surface area contributed by atoms with E-state index >= 15 is 0 Å². The predicted octanol–water partition coefficient (Wildman–Crippen LogP) is 1.69. The summed E-state index contributed by atoms with van der Waals surface area (Å²) in [6.07, 6.45) is 7.25. The second kappa shape index (κ2) is 6.99. The lowest BCUT2D eigenvalue weighted by atomic mass is 9.85. The lowest BCUT2D eigenvalue weighted by molar-refractivity contribution is -0.139. The third kappa shape index (κ3) is 3.83. The van der Waals surface area contributed by atoms with Gasteiger partial charge in [0.05, 0.1) is 17.6 Å². The van der Waals surface area contributed by atoms with Crippen LogP contribution in [0.1, 0.15) is 36.0 Å². The Morgan fingerprint density at radius 1 is 1.15 bits per heavy atom. The quantitative estimate of drug-likeness (QED) is 0.786. The van der Waals surface area contributed by atoms with Crippen LogP contribution in [-0.2, 0) is 4.79 Å². The Morgan fingerprint density at radius 2 is 1.88 bits per heavy atom. The Labute approximate surface area is 151 Å². The maximum Gasteiger partial charge on any atom is 0.317 e. The summed E-state index contributed by atoms with van der Waals surface area (Å²) in [6, 6.07) is 5.65. The van der Waals surface area contributed by atoms with Crippen LogP contribution in [0.5, 0.6) is 0 Å². The third-order valence-corrected chi connectivity index (χ3v) is 5.22. The molecule has 0 bridgehead atoms. The Hall–Kier alpha value is -2.54. The molecular formula is C19H22N4O3. The molecule has 1 aromatic heterocycles. The molecule has 0 atom stereocenters. The third-order valence-electron chi connectivity index (χ3n) is 5.22. The standard InChI is InChI=1S/C19H22N4O3/c24-18(25)11-23(10-12-1-2-12)15-8-14(9-15)22-19(26)13-3-4-16-17(7-13)21-6-5-20-16/h3-7,12,14-15H,1-2,8-11H2,(H,22,26)(H,24,25). The van der Waals surface area contributed by atoms with Crippen molar-refractivity contribution in [1.29, 1.82) is 0 Å². The van der Waals surface area contributed by atoms with Gasteiger partial charge in [-0.1, -0.05) is 0 Å². The number of fused-ring (bicyclic) bond motifs is 1. The summed E-state index contributed by atoms with van der Waals surface area (Å²) in [7, 11) is 0. The Balaban J connectivity index is 1.33. The lowest BCUT2D eigenvalue weighted by Crippen LogP contribution is -2.55. The van der Waals surface area contributed by atoms with Crippen molar-refractivity contribution in [3.63, 3.8) is 0 Å². The molecule has 2 N–H and O–H groups in total. The monoisotopic (exact) mass is 354 g/mol. The van der Waals surface area contributed by atoms with Crippen molar-refractivity contribution in [2.45, 2.75) is 37.8 Å². The Morgan fingerprint density at radius 3 is 2.58 bits per heavy atom. The van der Waals surface area contributed by atoms with Crippen LogP contribution in [0.2, 0.25) is 0 Å². The number of benzene rings is 1. The molecule has 4 rings (SSSR count). The number of nitrogens with one attached hydrogen (secondary N) is 1. The normalized spacial score (nSPS) is 22.2. The van der Waals surface area contributed by atoms with E-state index in [1.54, 1.807) is 30.6 Å². The van der Waals surface area contributed by atoms with E-state index < -0.39 is 5.97 Å². The van der Waals surface area contributed by atoms with E-state index in [1.807, 2.05) is 0 Å². The fourth-order valence-corrected chi connectivity index (χ4v) is 3.53. The van der Waals surface area contributed by atoms with Gasteiger partial charge in [0.1, 0.15) is 0 Å². The molecule has 2 fully saturated rings. The van der Waals surface area contributed by atoms with Gasteiger partial charge in [0.15, 0.2) is 0 Å². The highest BCUT2D eigenvalue weighted by molar-refractivity contribution is 5.97. The average molecular weight is 354 g/mol. The number of aliphatic carboxylic acids is 1. The lowest BCUT2D eigenvalue weighted by Gasteiger charge is -2.42. The number of carbonyl (C=O) groups is 2. The zero-order valence-corrected chi connectivity index (χ0v) is 14.5. The molecule has 1 amide bonds. The predicted molar refractivity (Wildman–Crippen MR) is 95.7 cm³/mol. The van der Waals surface area contributed by atoms with Crippen molar-refractivity contribution in [3.05, 3.63) is 36.2 Å². The summed E-state index contributed by atoms with van der Waals surface area (Å²) in [5, 5.41) is 12.2. The second-order valence-electron chi connectivity index (χ2n) is 7.32. The van der Waals surface area contributed by atoms with E-state index in [2.05, 4.69) is 20.2 Å².